The maximum atomic E-state index is 14.7. The number of aliphatic hydroxyl groups is 3. The van der Waals surface area contributed by atoms with E-state index in [9.17, 15) is 24.9 Å². The molecule has 12 atom stereocenters. The number of carbonyl (C=O) groups is 2. The fraction of sp³-hybridized carbons (Fsp3) is 0.730. The molecule has 43 heavy (non-hydrogen) atoms. The van der Waals surface area contributed by atoms with Crippen molar-refractivity contribution in [2.24, 2.45) is 56.7 Å². The highest BCUT2D eigenvalue weighted by molar-refractivity contribution is 5.98. The van der Waals surface area contributed by atoms with Crippen molar-refractivity contribution < 1.29 is 24.9 Å². The highest BCUT2D eigenvalue weighted by Gasteiger charge is 2.72. The Bertz CT molecular complexity index is 1360. The summed E-state index contributed by atoms with van der Waals surface area (Å²) in [6.07, 6.45) is 5.32. The molecule has 236 valence electrons. The lowest BCUT2D eigenvalue weighted by atomic mass is 9.33. The number of allylic oxidation sites excluding steroid dienone is 2. The molecule has 5 aliphatic carbocycles. The Balaban J connectivity index is 1.46. The molecule has 0 spiro atoms. The molecule has 0 radical (unpaired) electrons. The Morgan fingerprint density at radius 2 is 1.74 bits per heavy atom. The molecular formula is C37H53NO5. The second-order valence-corrected chi connectivity index (χ2v) is 16.5. The third kappa shape index (κ3) is 4.01. The van der Waals surface area contributed by atoms with E-state index in [4.69, 9.17) is 0 Å². The molecule has 6 rings (SSSR count). The van der Waals surface area contributed by atoms with Gasteiger partial charge in [0, 0.05) is 17.0 Å². The Hall–Kier alpha value is -2.02. The molecule has 1 aromatic rings. The predicted octanol–water partition coefficient (Wildman–Crippen LogP) is 6.07. The van der Waals surface area contributed by atoms with Crippen LogP contribution >= 0.6 is 0 Å². The summed E-state index contributed by atoms with van der Waals surface area (Å²) in [6.45, 7) is 15.1. The number of carbonyl (C=O) groups excluding carboxylic acids is 2. The number of aliphatic hydroxyl groups excluding tert-OH is 3. The first-order valence-corrected chi connectivity index (χ1v) is 16.7. The van der Waals surface area contributed by atoms with Crippen molar-refractivity contribution in [2.45, 2.75) is 106 Å². The van der Waals surface area contributed by atoms with Gasteiger partial charge in [-0.25, -0.2) is 0 Å². The lowest BCUT2D eigenvalue weighted by molar-refractivity contribution is -0.238. The van der Waals surface area contributed by atoms with Gasteiger partial charge in [0.15, 0.2) is 5.78 Å². The smallest absolute Gasteiger partial charge is 0.231 e. The van der Waals surface area contributed by atoms with Crippen molar-refractivity contribution in [2.75, 3.05) is 11.9 Å². The molecule has 4 saturated carbocycles. The molecule has 1 aromatic carbocycles. The lowest BCUT2D eigenvalue weighted by Crippen LogP contribution is -2.70. The first kappa shape index (κ1) is 31.0. The fourth-order valence-corrected chi connectivity index (χ4v) is 11.8. The van der Waals surface area contributed by atoms with E-state index in [1.807, 2.05) is 44.2 Å². The van der Waals surface area contributed by atoms with E-state index < -0.39 is 28.5 Å². The molecule has 6 nitrogen and oxygen atoms in total. The fourth-order valence-electron chi connectivity index (χ4n) is 11.8. The van der Waals surface area contributed by atoms with Gasteiger partial charge in [0.1, 0.15) is 0 Å². The van der Waals surface area contributed by atoms with Crippen LogP contribution < -0.4 is 5.32 Å². The largest absolute Gasteiger partial charge is 0.396 e. The lowest BCUT2D eigenvalue weighted by Gasteiger charge is -2.71. The average molecular weight is 592 g/mol. The summed E-state index contributed by atoms with van der Waals surface area (Å²) in [5.74, 6) is 0.462. The van der Waals surface area contributed by atoms with Crippen LogP contribution in [0, 0.1) is 63.6 Å². The van der Waals surface area contributed by atoms with Crippen molar-refractivity contribution in [3.05, 3.63) is 41.5 Å². The van der Waals surface area contributed by atoms with Crippen LogP contribution in [-0.2, 0) is 9.59 Å². The van der Waals surface area contributed by atoms with Crippen LogP contribution in [0.2, 0.25) is 0 Å². The summed E-state index contributed by atoms with van der Waals surface area (Å²) >= 11 is 0. The minimum absolute atomic E-state index is 0.0199. The number of benzene rings is 1. The minimum atomic E-state index is -1.02. The Kier molecular flexibility index (Phi) is 7.20. The maximum absolute atomic E-state index is 14.7. The van der Waals surface area contributed by atoms with Gasteiger partial charge in [-0.15, -0.1) is 0 Å². The van der Waals surface area contributed by atoms with E-state index in [0.717, 1.165) is 49.8 Å². The molecular weight excluding hydrogens is 538 g/mol. The number of aryl methyl sites for hydroxylation is 1. The molecule has 4 fully saturated rings. The third-order valence-electron chi connectivity index (χ3n) is 14.5. The Labute approximate surface area is 257 Å². The zero-order valence-electron chi connectivity index (χ0n) is 27.2. The van der Waals surface area contributed by atoms with E-state index in [0.29, 0.717) is 12.3 Å². The highest BCUT2D eigenvalue weighted by Crippen LogP contribution is 2.75. The van der Waals surface area contributed by atoms with Gasteiger partial charge in [0.2, 0.25) is 5.91 Å². The zero-order chi connectivity index (χ0) is 31.3. The Morgan fingerprint density at radius 3 is 2.42 bits per heavy atom. The SMILES string of the molecule is Cc1cccc(NC(=O)[C@]23CC[C@@H](C)[C@H](C)[C@H]2C2=CC(=O)[C@@H]4[C@@]5(C)C[C@@H](O)[C@H](O)[C@@](C)(CO)[C@@H]5CC[C@@]4(C)[C@]2(C)CC3)c1. The molecule has 0 aromatic heterocycles. The second kappa shape index (κ2) is 9.99. The number of nitrogens with one attached hydrogen (secondary N) is 1. The quantitative estimate of drug-likeness (QED) is 0.341. The minimum Gasteiger partial charge on any atom is -0.396 e. The normalized spacial score (nSPS) is 49.1. The van der Waals surface area contributed by atoms with Crippen molar-refractivity contribution in [3.8, 4) is 0 Å². The maximum Gasteiger partial charge on any atom is 0.231 e. The number of hydrogen-bond donors (Lipinski definition) is 4. The third-order valence-corrected chi connectivity index (χ3v) is 14.5. The Morgan fingerprint density at radius 1 is 1.02 bits per heavy atom. The van der Waals surface area contributed by atoms with Gasteiger partial charge < -0.3 is 20.6 Å². The van der Waals surface area contributed by atoms with Crippen molar-refractivity contribution in [3.63, 3.8) is 0 Å². The predicted molar refractivity (Wildman–Crippen MR) is 168 cm³/mol. The summed E-state index contributed by atoms with van der Waals surface area (Å²) in [5.41, 5.74) is 0.465. The molecule has 1 amide bonds. The number of amides is 1. The zero-order valence-corrected chi connectivity index (χ0v) is 27.2. The second-order valence-electron chi connectivity index (χ2n) is 16.5. The first-order valence-electron chi connectivity index (χ1n) is 16.7. The van der Waals surface area contributed by atoms with Crippen LogP contribution in [0.4, 0.5) is 5.69 Å². The molecule has 0 unspecified atom stereocenters. The summed E-state index contributed by atoms with van der Waals surface area (Å²) in [4.78, 5) is 29.1. The highest BCUT2D eigenvalue weighted by atomic mass is 16.3. The van der Waals surface area contributed by atoms with Crippen molar-refractivity contribution in [1.82, 2.24) is 0 Å². The van der Waals surface area contributed by atoms with Gasteiger partial charge in [-0.3, -0.25) is 9.59 Å². The molecule has 0 bridgehead atoms. The standard InChI is InChI=1S/C37H53NO5/c1-21-9-8-10-24(17-21)38-32(43)37-14-11-22(2)23(3)29(37)25-18-26(40)30-33(4)19-27(41)31(42)34(5,20-39)28(33)12-13-36(30,7)35(25,6)15-16-37/h8-10,17-18,22-23,27-31,39,41-42H,11-16,19-20H2,1-7H3,(H,38,43)/t22-,23+,27-,28-,29+,30-,31+,33+,34+,35-,36-,37+/m1/s1. The van der Waals surface area contributed by atoms with Gasteiger partial charge in [-0.05, 0) is 116 Å². The summed E-state index contributed by atoms with van der Waals surface area (Å²) in [6, 6.07) is 8.00. The molecule has 5 aliphatic rings. The van der Waals surface area contributed by atoms with E-state index in [1.165, 1.54) is 5.57 Å². The van der Waals surface area contributed by atoms with Gasteiger partial charge in [-0.1, -0.05) is 59.2 Å². The van der Waals surface area contributed by atoms with Crippen LogP contribution in [0.15, 0.2) is 35.9 Å². The van der Waals surface area contributed by atoms with Crippen LogP contribution in [0.1, 0.15) is 92.1 Å². The van der Waals surface area contributed by atoms with Gasteiger partial charge in [0.25, 0.3) is 0 Å². The van der Waals surface area contributed by atoms with E-state index in [-0.39, 0.29) is 52.8 Å². The van der Waals surface area contributed by atoms with Crippen LogP contribution in [0.25, 0.3) is 0 Å². The number of fused-ring (bicyclic) bond motifs is 7. The van der Waals surface area contributed by atoms with Crippen LogP contribution in [0.5, 0.6) is 0 Å². The number of rotatable bonds is 3. The first-order chi connectivity index (χ1) is 20.1. The topological polar surface area (TPSA) is 107 Å². The van der Waals surface area contributed by atoms with E-state index in [1.54, 1.807) is 0 Å². The summed E-state index contributed by atoms with van der Waals surface area (Å²) in [5, 5.41) is 36.0. The molecule has 0 saturated heterocycles. The van der Waals surface area contributed by atoms with Crippen LogP contribution in [-0.4, -0.2) is 45.8 Å². The summed E-state index contributed by atoms with van der Waals surface area (Å²) in [7, 11) is 0. The molecule has 6 heteroatoms. The summed E-state index contributed by atoms with van der Waals surface area (Å²) < 4.78 is 0. The van der Waals surface area contributed by atoms with Gasteiger partial charge in [-0.2, -0.15) is 0 Å². The number of hydrogen-bond acceptors (Lipinski definition) is 5. The number of ketones is 1. The monoisotopic (exact) mass is 591 g/mol. The molecule has 0 heterocycles. The van der Waals surface area contributed by atoms with Crippen molar-refractivity contribution >= 4 is 17.4 Å². The molecule has 0 aliphatic heterocycles. The van der Waals surface area contributed by atoms with E-state index in [2.05, 4.69) is 39.9 Å². The average Bonchev–Trinajstić information content (AvgIpc) is 2.94. The van der Waals surface area contributed by atoms with E-state index >= 15 is 0 Å². The van der Waals surface area contributed by atoms with Gasteiger partial charge in [0.05, 0.1) is 24.2 Å². The van der Waals surface area contributed by atoms with Crippen LogP contribution in [0.3, 0.4) is 0 Å². The van der Waals surface area contributed by atoms with Gasteiger partial charge >= 0.3 is 0 Å². The number of anilines is 1. The molecule has 4 N–H and O–H groups in total. The van der Waals surface area contributed by atoms with Crippen molar-refractivity contribution in [1.29, 1.82) is 0 Å².